The highest BCUT2D eigenvalue weighted by Crippen LogP contribution is 2.57. The maximum atomic E-state index is 4.54. The van der Waals surface area contributed by atoms with Crippen molar-refractivity contribution in [2.24, 2.45) is 23.0 Å². The van der Waals surface area contributed by atoms with Crippen LogP contribution in [-0.2, 0) is 5.41 Å². The van der Waals surface area contributed by atoms with E-state index in [-0.39, 0.29) is 0 Å². The molecule has 0 radical (unpaired) electrons. The van der Waals surface area contributed by atoms with Gasteiger partial charge >= 0.3 is 0 Å². The molecule has 2 aliphatic rings. The number of fused-ring (bicyclic) bond motifs is 2. The number of nitrogens with two attached hydrogens (primary N) is 1. The van der Waals surface area contributed by atoms with Crippen molar-refractivity contribution in [3.63, 3.8) is 0 Å². The van der Waals surface area contributed by atoms with Crippen molar-refractivity contribution in [3.05, 3.63) is 35.9 Å². The van der Waals surface area contributed by atoms with Gasteiger partial charge in [0.15, 0.2) is 0 Å². The van der Waals surface area contributed by atoms with Gasteiger partial charge in [0.25, 0.3) is 0 Å². The van der Waals surface area contributed by atoms with Crippen LogP contribution >= 0.6 is 12.2 Å². The second-order valence-corrected chi connectivity index (χ2v) is 8.21. The van der Waals surface area contributed by atoms with E-state index >= 15 is 0 Å². The molecule has 3 rings (SSSR count). The van der Waals surface area contributed by atoms with E-state index in [9.17, 15) is 0 Å². The van der Waals surface area contributed by atoms with Crippen LogP contribution in [0.25, 0.3) is 0 Å². The first-order valence-electron chi connectivity index (χ1n) is 8.12. The molecule has 2 bridgehead atoms. The lowest BCUT2D eigenvalue weighted by Crippen LogP contribution is -2.45. The molecule has 0 saturated heterocycles. The fraction of sp³-hybridized carbons (Fsp3) is 0.632. The third-order valence-corrected chi connectivity index (χ3v) is 5.20. The van der Waals surface area contributed by atoms with E-state index in [0.717, 1.165) is 17.3 Å². The Hall–Kier alpha value is -0.890. The molecule has 0 spiro atoms. The Morgan fingerprint density at radius 2 is 1.76 bits per heavy atom. The summed E-state index contributed by atoms with van der Waals surface area (Å²) in [7, 11) is 0. The Balaban J connectivity index is 0.000000497. The Kier molecular flexibility index (Phi) is 5.08. The van der Waals surface area contributed by atoms with Gasteiger partial charge in [0.2, 0.25) is 0 Å². The highest BCUT2D eigenvalue weighted by atomic mass is 32.1. The quantitative estimate of drug-likeness (QED) is 0.732. The second kappa shape index (κ2) is 6.48. The molecule has 3 atom stereocenters. The van der Waals surface area contributed by atoms with Crippen molar-refractivity contribution < 1.29 is 0 Å². The van der Waals surface area contributed by atoms with Gasteiger partial charge in [0, 0.05) is 0 Å². The van der Waals surface area contributed by atoms with Crippen molar-refractivity contribution in [2.45, 2.75) is 58.3 Å². The van der Waals surface area contributed by atoms with Crippen molar-refractivity contribution in [3.8, 4) is 0 Å². The summed E-state index contributed by atoms with van der Waals surface area (Å²) in [6.45, 7) is 7.42. The zero-order chi connectivity index (χ0) is 15.5. The van der Waals surface area contributed by atoms with Crippen LogP contribution in [0.1, 0.15) is 58.4 Å². The highest BCUT2D eigenvalue weighted by molar-refractivity contribution is 7.78. The van der Waals surface area contributed by atoms with Crippen LogP contribution < -0.4 is 5.73 Å². The van der Waals surface area contributed by atoms with Crippen molar-refractivity contribution >= 4 is 17.7 Å². The number of benzene rings is 1. The molecule has 2 fully saturated rings. The molecular weight excluding hydrogens is 274 g/mol. The Morgan fingerprint density at radius 1 is 1.14 bits per heavy atom. The Bertz CT molecular complexity index is 464. The zero-order valence-electron chi connectivity index (χ0n) is 13.6. The van der Waals surface area contributed by atoms with Crippen molar-refractivity contribution in [1.29, 1.82) is 0 Å². The third kappa shape index (κ3) is 3.85. The molecule has 1 aromatic rings. The monoisotopic (exact) mass is 303 g/mol. The molecule has 3 unspecified atom stereocenters. The van der Waals surface area contributed by atoms with E-state index in [1.807, 2.05) is 0 Å². The predicted octanol–water partition coefficient (Wildman–Crippen LogP) is 5.08. The van der Waals surface area contributed by atoms with Gasteiger partial charge in [-0.3, -0.25) is 0 Å². The first-order chi connectivity index (χ1) is 9.91. The van der Waals surface area contributed by atoms with Crippen LogP contribution in [0.15, 0.2) is 30.3 Å². The van der Waals surface area contributed by atoms with Crippen LogP contribution in [0.2, 0.25) is 0 Å². The highest BCUT2D eigenvalue weighted by Gasteiger charge is 2.48. The molecule has 21 heavy (non-hydrogen) atoms. The minimum Gasteiger partial charge on any atom is -0.396 e. The molecule has 0 heterocycles. The molecule has 2 heteroatoms. The minimum absolute atomic E-state index is 0.478. The van der Waals surface area contributed by atoms with Crippen LogP contribution in [0.5, 0.6) is 0 Å². The number of hydrogen-bond acceptors (Lipinski definition) is 1. The van der Waals surface area contributed by atoms with Gasteiger partial charge in [0.05, 0.1) is 5.49 Å². The van der Waals surface area contributed by atoms with Crippen LogP contribution in [0.3, 0.4) is 0 Å². The van der Waals surface area contributed by atoms with Crippen LogP contribution in [0, 0.1) is 17.3 Å². The lowest BCUT2D eigenvalue weighted by Gasteiger charge is -2.54. The fourth-order valence-electron chi connectivity index (χ4n) is 5.24. The van der Waals surface area contributed by atoms with E-state index in [4.69, 9.17) is 0 Å². The summed E-state index contributed by atoms with van der Waals surface area (Å²) < 4.78 is 0. The van der Waals surface area contributed by atoms with Gasteiger partial charge in [-0.15, -0.1) is 0 Å². The summed E-state index contributed by atoms with van der Waals surface area (Å²) in [6.07, 6.45) is 7.11. The largest absolute Gasteiger partial charge is 0.396 e. The van der Waals surface area contributed by atoms with Gasteiger partial charge in [-0.2, -0.15) is 0 Å². The summed E-state index contributed by atoms with van der Waals surface area (Å²) >= 11 is 4.05. The predicted molar refractivity (Wildman–Crippen MR) is 95.5 cm³/mol. The average Bonchev–Trinajstić information content (AvgIpc) is 2.37. The number of rotatable bonds is 1. The molecule has 116 valence electrons. The second-order valence-electron chi connectivity index (χ2n) is 7.94. The molecule has 2 aliphatic carbocycles. The maximum Gasteiger partial charge on any atom is 0.0588 e. The standard InChI is InChI=1S/C18H26.CH3NS/c1-14-9-15-11-17(2,3)13-18(10-14,12-15)16-7-5-4-6-8-16;2-1-3/h4-8,14-15H,9-13H2,1-3H3;1H,(H2,2,3). The van der Waals surface area contributed by atoms with E-state index in [2.05, 4.69) is 69.1 Å². The van der Waals surface area contributed by atoms with Gasteiger partial charge in [-0.1, -0.05) is 63.3 Å². The summed E-state index contributed by atoms with van der Waals surface area (Å²) in [4.78, 5) is 0. The molecule has 1 aromatic carbocycles. The zero-order valence-corrected chi connectivity index (χ0v) is 14.5. The van der Waals surface area contributed by atoms with E-state index < -0.39 is 0 Å². The Labute approximate surface area is 135 Å². The average molecular weight is 304 g/mol. The molecule has 1 nitrogen and oxygen atoms in total. The topological polar surface area (TPSA) is 26.0 Å². The smallest absolute Gasteiger partial charge is 0.0588 e. The van der Waals surface area contributed by atoms with Crippen LogP contribution in [0.4, 0.5) is 0 Å². The minimum atomic E-state index is 0.478. The van der Waals surface area contributed by atoms with Crippen molar-refractivity contribution in [2.75, 3.05) is 0 Å². The fourth-order valence-corrected chi connectivity index (χ4v) is 5.24. The molecule has 0 aliphatic heterocycles. The van der Waals surface area contributed by atoms with Gasteiger partial charge in [-0.25, -0.2) is 0 Å². The summed E-state index contributed by atoms with van der Waals surface area (Å²) in [5.74, 6) is 1.86. The van der Waals surface area contributed by atoms with Gasteiger partial charge in [0.1, 0.15) is 0 Å². The molecule has 0 amide bonds. The molecular formula is C19H29NS. The Morgan fingerprint density at radius 3 is 2.38 bits per heavy atom. The van der Waals surface area contributed by atoms with Crippen LogP contribution in [-0.4, -0.2) is 5.49 Å². The SMILES string of the molecule is CC1CC2CC(C)(C)CC(c3ccccc3)(C1)C2.NC=S. The van der Waals surface area contributed by atoms with Gasteiger partial charge < -0.3 is 5.73 Å². The lowest BCUT2D eigenvalue weighted by atomic mass is 9.51. The maximum absolute atomic E-state index is 4.54. The third-order valence-electron chi connectivity index (χ3n) is 5.20. The number of hydrogen-bond donors (Lipinski definition) is 1. The number of thiocarbonyl (C=S) groups is 1. The molecule has 2 N–H and O–H groups in total. The first kappa shape index (κ1) is 16.5. The molecule has 0 aromatic heterocycles. The summed E-state index contributed by atoms with van der Waals surface area (Å²) in [6, 6.07) is 11.3. The first-order valence-corrected chi connectivity index (χ1v) is 8.59. The van der Waals surface area contributed by atoms with Crippen molar-refractivity contribution in [1.82, 2.24) is 0 Å². The summed E-state index contributed by atoms with van der Waals surface area (Å²) in [5.41, 5.74) is 8.23. The van der Waals surface area contributed by atoms with E-state index in [1.54, 1.807) is 5.56 Å². The van der Waals surface area contributed by atoms with E-state index in [0.29, 0.717) is 10.8 Å². The molecule has 2 saturated carbocycles. The summed E-state index contributed by atoms with van der Waals surface area (Å²) in [5, 5.41) is 0. The van der Waals surface area contributed by atoms with Gasteiger partial charge in [-0.05, 0) is 60.3 Å². The van der Waals surface area contributed by atoms with E-state index in [1.165, 1.54) is 32.1 Å². The lowest BCUT2D eigenvalue weighted by molar-refractivity contribution is 0.0307. The normalized spacial score (nSPS) is 33.5.